The normalized spacial score (nSPS) is 12.5. The lowest BCUT2D eigenvalue weighted by Crippen LogP contribution is -2.39. The second-order valence-electron chi connectivity index (χ2n) is 5.34. The van der Waals surface area contributed by atoms with E-state index in [2.05, 4.69) is 52.4 Å². The van der Waals surface area contributed by atoms with E-state index in [1.807, 2.05) is 24.3 Å². The largest absolute Gasteiger partial charge is 0.357 e. The van der Waals surface area contributed by atoms with Gasteiger partial charge in [0.2, 0.25) is 0 Å². The van der Waals surface area contributed by atoms with Gasteiger partial charge in [-0.1, -0.05) is 19.1 Å². The Morgan fingerprint density at radius 2 is 2.04 bits per heavy atom. The van der Waals surface area contributed by atoms with Gasteiger partial charge in [-0.05, 0) is 52.9 Å². The van der Waals surface area contributed by atoms with Crippen LogP contribution in [0.5, 0.6) is 0 Å². The van der Waals surface area contributed by atoms with Crippen molar-refractivity contribution >= 4 is 17.3 Å². The molecule has 0 bridgehead atoms. The third kappa shape index (κ3) is 5.42. The molecule has 2 N–H and O–H groups in total. The van der Waals surface area contributed by atoms with Crippen molar-refractivity contribution in [3.63, 3.8) is 0 Å². The fourth-order valence-corrected chi connectivity index (χ4v) is 2.90. The summed E-state index contributed by atoms with van der Waals surface area (Å²) in [4.78, 5) is 4.61. The first-order valence-corrected chi connectivity index (χ1v) is 8.70. The van der Waals surface area contributed by atoms with Crippen LogP contribution in [0.25, 0.3) is 0 Å². The van der Waals surface area contributed by atoms with Gasteiger partial charge in [-0.3, -0.25) is 0 Å². The summed E-state index contributed by atoms with van der Waals surface area (Å²) in [6, 6.07) is 11.8. The van der Waals surface area contributed by atoms with Crippen molar-refractivity contribution in [3.05, 3.63) is 57.8 Å². The zero-order valence-electron chi connectivity index (χ0n) is 13.5. The molecule has 1 aromatic heterocycles. The van der Waals surface area contributed by atoms with Gasteiger partial charge in [0.1, 0.15) is 0 Å². The maximum atomic E-state index is 8.82. The quantitative estimate of drug-likeness (QED) is 0.631. The van der Waals surface area contributed by atoms with Gasteiger partial charge in [0.15, 0.2) is 5.96 Å². The second-order valence-corrected chi connectivity index (χ2v) is 6.12. The fraction of sp³-hybridized carbons (Fsp3) is 0.333. The molecule has 2 aromatic rings. The molecular weight excluding hydrogens is 304 g/mol. The van der Waals surface area contributed by atoms with Crippen molar-refractivity contribution in [2.45, 2.75) is 26.3 Å². The Morgan fingerprint density at radius 3 is 2.65 bits per heavy atom. The number of benzene rings is 1. The van der Waals surface area contributed by atoms with Crippen LogP contribution in [0.15, 0.2) is 46.1 Å². The Balaban J connectivity index is 1.92. The van der Waals surface area contributed by atoms with E-state index in [-0.39, 0.29) is 0 Å². The Morgan fingerprint density at radius 1 is 1.26 bits per heavy atom. The SMILES string of the molecule is CCNC(=NCc1ccc(C#N)cc1)NCC(C)c1ccsc1. The van der Waals surface area contributed by atoms with Crippen LogP contribution >= 0.6 is 11.3 Å². The van der Waals surface area contributed by atoms with Gasteiger partial charge < -0.3 is 10.6 Å². The first-order valence-electron chi connectivity index (χ1n) is 7.76. The fourth-order valence-electron chi connectivity index (χ4n) is 2.12. The molecule has 1 atom stereocenters. The standard InChI is InChI=1S/C18H22N4S/c1-3-20-18(21-11-14(2)17-8-9-23-13-17)22-12-16-6-4-15(10-19)5-7-16/h4-9,13-14H,3,11-12H2,1-2H3,(H2,20,21,22). The maximum Gasteiger partial charge on any atom is 0.191 e. The van der Waals surface area contributed by atoms with Crippen LogP contribution in [0.2, 0.25) is 0 Å². The number of rotatable bonds is 6. The number of nitriles is 1. The molecule has 0 radical (unpaired) electrons. The van der Waals surface area contributed by atoms with Crippen LogP contribution < -0.4 is 10.6 Å². The van der Waals surface area contributed by atoms with Crippen molar-refractivity contribution in [1.82, 2.24) is 10.6 Å². The van der Waals surface area contributed by atoms with Crippen molar-refractivity contribution in [2.75, 3.05) is 13.1 Å². The Hall–Kier alpha value is -2.32. The second kappa shape index (κ2) is 8.96. The number of guanidine groups is 1. The number of nitrogens with zero attached hydrogens (tertiary/aromatic N) is 2. The van der Waals surface area contributed by atoms with E-state index in [0.717, 1.165) is 24.6 Å². The number of hydrogen-bond donors (Lipinski definition) is 2. The molecule has 0 aliphatic carbocycles. The summed E-state index contributed by atoms with van der Waals surface area (Å²) < 4.78 is 0. The zero-order chi connectivity index (χ0) is 16.5. The lowest BCUT2D eigenvalue weighted by atomic mass is 10.1. The smallest absolute Gasteiger partial charge is 0.191 e. The van der Waals surface area contributed by atoms with Gasteiger partial charge in [0.25, 0.3) is 0 Å². The number of nitrogens with one attached hydrogen (secondary N) is 2. The molecule has 1 aromatic carbocycles. The summed E-state index contributed by atoms with van der Waals surface area (Å²) in [7, 11) is 0. The van der Waals surface area contributed by atoms with Crippen LogP contribution in [0, 0.1) is 11.3 Å². The number of hydrogen-bond acceptors (Lipinski definition) is 3. The van der Waals surface area contributed by atoms with Crippen molar-refractivity contribution in [2.24, 2.45) is 4.99 Å². The van der Waals surface area contributed by atoms with Gasteiger partial charge >= 0.3 is 0 Å². The lowest BCUT2D eigenvalue weighted by molar-refractivity contribution is 0.701. The minimum Gasteiger partial charge on any atom is -0.357 e. The van der Waals surface area contributed by atoms with E-state index in [4.69, 9.17) is 5.26 Å². The third-order valence-corrected chi connectivity index (χ3v) is 4.24. The highest BCUT2D eigenvalue weighted by Crippen LogP contribution is 2.17. The summed E-state index contributed by atoms with van der Waals surface area (Å²) >= 11 is 1.73. The molecule has 1 heterocycles. The number of thiophene rings is 1. The topological polar surface area (TPSA) is 60.2 Å². The lowest BCUT2D eigenvalue weighted by Gasteiger charge is -2.15. The Bertz CT molecular complexity index is 653. The summed E-state index contributed by atoms with van der Waals surface area (Å²) in [5, 5.41) is 19.8. The highest BCUT2D eigenvalue weighted by Gasteiger charge is 2.06. The van der Waals surface area contributed by atoms with E-state index < -0.39 is 0 Å². The molecule has 0 saturated carbocycles. The molecule has 1 unspecified atom stereocenters. The van der Waals surface area contributed by atoms with Crippen molar-refractivity contribution < 1.29 is 0 Å². The predicted molar refractivity (Wildman–Crippen MR) is 96.7 cm³/mol. The van der Waals surface area contributed by atoms with Crippen LogP contribution in [0.4, 0.5) is 0 Å². The molecule has 4 nitrogen and oxygen atoms in total. The van der Waals surface area contributed by atoms with Crippen LogP contribution in [0.3, 0.4) is 0 Å². The molecule has 0 spiro atoms. The average Bonchev–Trinajstić information content (AvgIpc) is 3.12. The maximum absolute atomic E-state index is 8.82. The highest BCUT2D eigenvalue weighted by atomic mass is 32.1. The molecule has 0 saturated heterocycles. The molecule has 0 amide bonds. The van der Waals surface area contributed by atoms with Crippen LogP contribution in [0.1, 0.15) is 36.5 Å². The first-order chi connectivity index (χ1) is 11.2. The van der Waals surface area contributed by atoms with Gasteiger partial charge in [0, 0.05) is 13.1 Å². The van der Waals surface area contributed by atoms with E-state index in [1.165, 1.54) is 5.56 Å². The molecule has 2 rings (SSSR count). The van der Waals surface area contributed by atoms with Gasteiger partial charge in [-0.2, -0.15) is 16.6 Å². The van der Waals surface area contributed by atoms with Gasteiger partial charge in [-0.15, -0.1) is 0 Å². The summed E-state index contributed by atoms with van der Waals surface area (Å²) in [6.07, 6.45) is 0. The average molecular weight is 326 g/mol. The predicted octanol–water partition coefficient (Wildman–Crippen LogP) is 3.48. The minimum atomic E-state index is 0.444. The van der Waals surface area contributed by atoms with Crippen LogP contribution in [-0.2, 0) is 6.54 Å². The summed E-state index contributed by atoms with van der Waals surface area (Å²) in [5.74, 6) is 1.26. The van der Waals surface area contributed by atoms with E-state index >= 15 is 0 Å². The molecule has 0 aliphatic heterocycles. The van der Waals surface area contributed by atoms with E-state index in [1.54, 1.807) is 11.3 Å². The highest BCUT2D eigenvalue weighted by molar-refractivity contribution is 7.07. The molecule has 23 heavy (non-hydrogen) atoms. The third-order valence-electron chi connectivity index (χ3n) is 3.53. The molecular formula is C18H22N4S. The molecule has 0 fully saturated rings. The van der Waals surface area contributed by atoms with E-state index in [9.17, 15) is 0 Å². The Labute approximate surface area is 141 Å². The minimum absolute atomic E-state index is 0.444. The van der Waals surface area contributed by atoms with Gasteiger partial charge in [0.05, 0.1) is 18.2 Å². The van der Waals surface area contributed by atoms with E-state index in [0.29, 0.717) is 18.0 Å². The monoisotopic (exact) mass is 326 g/mol. The van der Waals surface area contributed by atoms with Crippen LogP contribution in [-0.4, -0.2) is 19.0 Å². The number of aliphatic imine (C=N–C) groups is 1. The molecule has 5 heteroatoms. The Kier molecular flexibility index (Phi) is 6.64. The van der Waals surface area contributed by atoms with Crippen molar-refractivity contribution in [1.29, 1.82) is 5.26 Å². The zero-order valence-corrected chi connectivity index (χ0v) is 14.4. The first kappa shape index (κ1) is 17.0. The summed E-state index contributed by atoms with van der Waals surface area (Å²) in [5.41, 5.74) is 3.12. The molecule has 0 aliphatic rings. The molecule has 120 valence electrons. The van der Waals surface area contributed by atoms with Crippen molar-refractivity contribution in [3.8, 4) is 6.07 Å². The summed E-state index contributed by atoms with van der Waals surface area (Å²) in [6.45, 7) is 6.52. The van der Waals surface area contributed by atoms with Gasteiger partial charge in [-0.25, -0.2) is 4.99 Å².